The monoisotopic (exact) mass is 327 g/mol. The fourth-order valence-corrected chi connectivity index (χ4v) is 4.88. The molecule has 3 aliphatic heterocycles. The number of amides is 1. The second kappa shape index (κ2) is 5.03. The number of hydrogen-bond donors (Lipinski definition) is 1. The van der Waals surface area contributed by atoms with Crippen LogP contribution in [0.1, 0.15) is 31.2 Å². The Labute approximate surface area is 138 Å². The van der Waals surface area contributed by atoms with E-state index in [0.717, 1.165) is 22.2 Å². The molecule has 118 valence electrons. The maximum absolute atomic E-state index is 11.5. The number of anilines is 1. The second-order valence-corrected chi connectivity index (χ2v) is 7.21. The Morgan fingerprint density at radius 3 is 3.17 bits per heavy atom. The molecular weight excluding hydrogens is 310 g/mol. The Hall–Kier alpha value is -1.95. The van der Waals surface area contributed by atoms with Crippen LogP contribution in [-0.2, 0) is 4.79 Å². The number of carbonyl (C=O) groups is 1. The van der Waals surface area contributed by atoms with Gasteiger partial charge in [-0.1, -0.05) is 24.6 Å². The van der Waals surface area contributed by atoms with E-state index in [-0.39, 0.29) is 12.5 Å². The molecule has 0 bridgehead atoms. The van der Waals surface area contributed by atoms with Gasteiger partial charge in [-0.05, 0) is 31.0 Å². The molecule has 1 aromatic carbocycles. The van der Waals surface area contributed by atoms with Crippen molar-refractivity contribution in [1.29, 1.82) is 0 Å². The molecule has 2 atom stereocenters. The number of amidine groups is 1. The first kappa shape index (κ1) is 13.5. The number of rotatable bonds is 1. The van der Waals surface area contributed by atoms with Gasteiger partial charge in [-0.3, -0.25) is 9.79 Å². The van der Waals surface area contributed by atoms with Crippen molar-refractivity contribution >= 4 is 34.2 Å². The van der Waals surface area contributed by atoms with Crippen LogP contribution in [0, 0.1) is 0 Å². The number of hydrogen-bond acceptors (Lipinski definition) is 5. The highest BCUT2D eigenvalue weighted by atomic mass is 32.2. The van der Waals surface area contributed by atoms with Crippen molar-refractivity contribution < 1.29 is 9.53 Å². The molecule has 0 spiro atoms. The molecule has 1 amide bonds. The molecule has 0 aromatic heterocycles. The molecule has 1 saturated carbocycles. The van der Waals surface area contributed by atoms with Gasteiger partial charge in [-0.15, -0.1) is 0 Å². The largest absolute Gasteiger partial charge is 0.482 e. The van der Waals surface area contributed by atoms with Crippen LogP contribution in [0.2, 0.25) is 0 Å². The van der Waals surface area contributed by atoms with Crippen LogP contribution in [-0.4, -0.2) is 34.7 Å². The molecule has 23 heavy (non-hydrogen) atoms. The van der Waals surface area contributed by atoms with Gasteiger partial charge in [0.25, 0.3) is 5.91 Å². The van der Waals surface area contributed by atoms with Crippen LogP contribution >= 0.6 is 11.8 Å². The van der Waals surface area contributed by atoms with Gasteiger partial charge in [0.15, 0.2) is 11.8 Å². The van der Waals surface area contributed by atoms with Crippen LogP contribution in [0.3, 0.4) is 0 Å². The highest BCUT2D eigenvalue weighted by molar-refractivity contribution is 8.16. The Morgan fingerprint density at radius 2 is 2.22 bits per heavy atom. The molecule has 1 fully saturated rings. The zero-order chi connectivity index (χ0) is 15.4. The van der Waals surface area contributed by atoms with Crippen LogP contribution in [0.15, 0.2) is 28.6 Å². The van der Waals surface area contributed by atoms with Gasteiger partial charge in [-0.25, -0.2) is 0 Å². The smallest absolute Gasteiger partial charge is 0.262 e. The van der Waals surface area contributed by atoms with E-state index in [4.69, 9.17) is 9.73 Å². The summed E-state index contributed by atoms with van der Waals surface area (Å²) in [4.78, 5) is 18.9. The average molecular weight is 327 g/mol. The number of thioether (sulfide) groups is 1. The highest BCUT2D eigenvalue weighted by Gasteiger charge is 2.42. The van der Waals surface area contributed by atoms with Gasteiger partial charge in [0.2, 0.25) is 0 Å². The molecule has 5 rings (SSSR count). The summed E-state index contributed by atoms with van der Waals surface area (Å²) in [7, 11) is 0. The van der Waals surface area contributed by atoms with E-state index in [1.54, 1.807) is 11.8 Å². The molecule has 6 heteroatoms. The van der Waals surface area contributed by atoms with Gasteiger partial charge in [0.1, 0.15) is 5.75 Å². The van der Waals surface area contributed by atoms with Gasteiger partial charge in [0.05, 0.1) is 23.5 Å². The molecule has 1 N–H and O–H groups in total. The molecule has 1 aliphatic carbocycles. The maximum atomic E-state index is 11.5. The molecule has 0 saturated heterocycles. The van der Waals surface area contributed by atoms with Crippen molar-refractivity contribution in [1.82, 2.24) is 4.90 Å². The third-order valence-corrected chi connectivity index (χ3v) is 5.81. The van der Waals surface area contributed by atoms with E-state index in [2.05, 4.69) is 21.7 Å². The lowest BCUT2D eigenvalue weighted by molar-refractivity contribution is -0.118. The van der Waals surface area contributed by atoms with Crippen LogP contribution in [0.4, 0.5) is 5.69 Å². The number of nitrogens with one attached hydrogen (secondary N) is 1. The normalized spacial score (nSPS) is 28.2. The molecule has 4 aliphatic rings. The zero-order valence-electron chi connectivity index (χ0n) is 12.6. The Kier molecular flexibility index (Phi) is 2.95. The summed E-state index contributed by atoms with van der Waals surface area (Å²) < 4.78 is 5.45. The summed E-state index contributed by atoms with van der Waals surface area (Å²) in [6.07, 6.45) is 4.98. The van der Waals surface area contributed by atoms with Crippen LogP contribution < -0.4 is 10.1 Å². The van der Waals surface area contributed by atoms with E-state index >= 15 is 0 Å². The number of fused-ring (bicyclic) bond motifs is 4. The second-order valence-electron chi connectivity index (χ2n) is 6.37. The lowest BCUT2D eigenvalue weighted by Gasteiger charge is -2.32. The zero-order valence-corrected chi connectivity index (χ0v) is 13.4. The SMILES string of the molecule is O=C1COc2ccc(C3=CSC4=N[C@H]5CCCC[C@H]5N34)cc2N1. The number of aliphatic imine (C=N–C) groups is 1. The first-order valence-electron chi connectivity index (χ1n) is 8.10. The van der Waals surface area contributed by atoms with Crippen molar-refractivity contribution in [2.45, 2.75) is 37.8 Å². The lowest BCUT2D eigenvalue weighted by Crippen LogP contribution is -2.38. The summed E-state index contributed by atoms with van der Waals surface area (Å²) >= 11 is 1.72. The van der Waals surface area contributed by atoms with Crippen molar-refractivity contribution in [3.63, 3.8) is 0 Å². The maximum Gasteiger partial charge on any atom is 0.262 e. The van der Waals surface area contributed by atoms with Gasteiger partial charge < -0.3 is 15.0 Å². The molecule has 5 nitrogen and oxygen atoms in total. The van der Waals surface area contributed by atoms with Crippen LogP contribution in [0.5, 0.6) is 5.75 Å². The van der Waals surface area contributed by atoms with E-state index in [1.807, 2.05) is 12.1 Å². The van der Waals surface area contributed by atoms with Gasteiger partial charge in [0, 0.05) is 11.0 Å². The minimum atomic E-state index is -0.0970. The van der Waals surface area contributed by atoms with Gasteiger partial charge in [-0.2, -0.15) is 0 Å². The Bertz CT molecular complexity index is 758. The fourth-order valence-electron chi connectivity index (χ4n) is 3.87. The first-order chi connectivity index (χ1) is 11.3. The van der Waals surface area contributed by atoms with Crippen molar-refractivity contribution in [2.75, 3.05) is 11.9 Å². The third-order valence-electron chi connectivity index (χ3n) is 4.95. The lowest BCUT2D eigenvalue weighted by atomic mass is 9.90. The Morgan fingerprint density at radius 1 is 1.30 bits per heavy atom. The molecular formula is C17H17N3O2S. The van der Waals surface area contributed by atoms with Crippen molar-refractivity contribution in [2.24, 2.45) is 4.99 Å². The molecule has 0 radical (unpaired) electrons. The van der Waals surface area contributed by atoms with Crippen LogP contribution in [0.25, 0.3) is 5.70 Å². The summed E-state index contributed by atoms with van der Waals surface area (Å²) in [6.45, 7) is 0.0948. The predicted molar refractivity (Wildman–Crippen MR) is 91.5 cm³/mol. The standard InChI is InChI=1S/C17H17N3O2S/c21-16-8-22-15-6-5-10(7-12(15)18-16)14-9-23-17-19-11-3-1-2-4-13(11)20(14)17/h5-7,9,11,13H,1-4,8H2,(H,18,21)/t11-,13+/m0/s1. The van der Waals surface area contributed by atoms with Crippen molar-refractivity contribution in [3.8, 4) is 5.75 Å². The number of benzene rings is 1. The summed E-state index contributed by atoms with van der Waals surface area (Å²) in [6, 6.07) is 6.98. The first-order valence-corrected chi connectivity index (χ1v) is 8.98. The summed E-state index contributed by atoms with van der Waals surface area (Å²) in [5, 5.41) is 6.20. The quantitative estimate of drug-likeness (QED) is 0.861. The third kappa shape index (κ3) is 2.08. The topological polar surface area (TPSA) is 53.9 Å². The predicted octanol–water partition coefficient (Wildman–Crippen LogP) is 3.05. The summed E-state index contributed by atoms with van der Waals surface area (Å²) in [5.41, 5.74) is 3.07. The fraction of sp³-hybridized carbons (Fsp3) is 0.412. The van der Waals surface area contributed by atoms with Gasteiger partial charge >= 0.3 is 0 Å². The minimum absolute atomic E-state index is 0.0948. The number of carbonyl (C=O) groups excluding carboxylic acids is 1. The molecule has 0 unspecified atom stereocenters. The van der Waals surface area contributed by atoms with Crippen molar-refractivity contribution in [3.05, 3.63) is 29.2 Å². The highest BCUT2D eigenvalue weighted by Crippen LogP contribution is 2.45. The number of ether oxygens (including phenoxy) is 1. The van der Waals surface area contributed by atoms with E-state index < -0.39 is 0 Å². The van der Waals surface area contributed by atoms with E-state index in [9.17, 15) is 4.79 Å². The average Bonchev–Trinajstić information content (AvgIpc) is 3.13. The Balaban J connectivity index is 1.49. The van der Waals surface area contributed by atoms with E-state index in [0.29, 0.717) is 12.1 Å². The number of nitrogens with zero attached hydrogens (tertiary/aromatic N) is 2. The van der Waals surface area contributed by atoms with E-state index in [1.165, 1.54) is 31.4 Å². The summed E-state index contributed by atoms with van der Waals surface area (Å²) in [5.74, 6) is 0.644. The minimum Gasteiger partial charge on any atom is -0.482 e. The molecule has 1 aromatic rings. The molecule has 3 heterocycles.